The van der Waals surface area contributed by atoms with Gasteiger partial charge < -0.3 is 0 Å². The molecule has 0 amide bonds. The van der Waals surface area contributed by atoms with Crippen LogP contribution in [-0.4, -0.2) is 11.2 Å². The van der Waals surface area contributed by atoms with E-state index in [0.717, 1.165) is 28.1 Å². The zero-order valence-corrected chi connectivity index (χ0v) is 14.2. The van der Waals surface area contributed by atoms with Crippen LogP contribution in [0.3, 0.4) is 0 Å². The third-order valence-electron chi connectivity index (χ3n) is 4.09. The standard InChI is InChI=1S/C23H18N3/c1-2-10-20(11-3-1)23-14-5-7-16-26(23)25-18-19-9-8-12-21(17-19)22-13-4-6-15-24-22/h1-18H/q+1. The number of nitrogens with zero attached hydrogens (tertiary/aromatic N) is 3. The van der Waals surface area contributed by atoms with E-state index in [2.05, 4.69) is 40.4 Å². The second-order valence-corrected chi connectivity index (χ2v) is 5.88. The van der Waals surface area contributed by atoms with Crippen LogP contribution in [0.25, 0.3) is 22.5 Å². The second kappa shape index (κ2) is 7.53. The fourth-order valence-corrected chi connectivity index (χ4v) is 2.81. The van der Waals surface area contributed by atoms with Gasteiger partial charge in [0.15, 0.2) is 0 Å². The minimum atomic E-state index is 0.958. The molecule has 0 aliphatic rings. The Morgan fingerprint density at radius 3 is 2.38 bits per heavy atom. The molecule has 3 nitrogen and oxygen atoms in total. The lowest BCUT2D eigenvalue weighted by molar-refractivity contribution is -0.667. The molecule has 3 heteroatoms. The normalized spacial score (nSPS) is 10.9. The van der Waals surface area contributed by atoms with Crippen molar-refractivity contribution in [2.45, 2.75) is 0 Å². The van der Waals surface area contributed by atoms with Gasteiger partial charge in [0.05, 0.1) is 5.69 Å². The molecule has 0 N–H and O–H groups in total. The summed E-state index contributed by atoms with van der Waals surface area (Å²) in [5, 5.41) is 4.66. The number of hydrogen-bond acceptors (Lipinski definition) is 2. The molecule has 0 radical (unpaired) electrons. The smallest absolute Gasteiger partial charge is 0.245 e. The fourth-order valence-electron chi connectivity index (χ4n) is 2.81. The van der Waals surface area contributed by atoms with Gasteiger partial charge in [0, 0.05) is 29.5 Å². The second-order valence-electron chi connectivity index (χ2n) is 5.88. The van der Waals surface area contributed by atoms with Crippen LogP contribution in [0.2, 0.25) is 0 Å². The van der Waals surface area contributed by atoms with E-state index in [1.54, 1.807) is 0 Å². The fraction of sp³-hybridized carbons (Fsp3) is 0. The first-order chi connectivity index (χ1) is 12.9. The van der Waals surface area contributed by atoms with E-state index in [9.17, 15) is 0 Å². The molecule has 2 aromatic heterocycles. The van der Waals surface area contributed by atoms with Gasteiger partial charge in [-0.25, -0.2) is 0 Å². The van der Waals surface area contributed by atoms with Gasteiger partial charge in [-0.05, 0) is 47.1 Å². The first kappa shape index (κ1) is 15.9. The Balaban J connectivity index is 1.66. The summed E-state index contributed by atoms with van der Waals surface area (Å²) < 4.78 is 1.89. The molecule has 4 aromatic rings. The molecule has 0 atom stereocenters. The molecule has 0 fully saturated rings. The lowest BCUT2D eigenvalue weighted by atomic mass is 10.1. The van der Waals surface area contributed by atoms with Crippen LogP contribution in [-0.2, 0) is 0 Å². The largest absolute Gasteiger partial charge is 0.256 e. The van der Waals surface area contributed by atoms with Crippen molar-refractivity contribution >= 4 is 6.21 Å². The molecule has 0 unspecified atom stereocenters. The Labute approximate surface area is 152 Å². The van der Waals surface area contributed by atoms with Gasteiger partial charge >= 0.3 is 0 Å². The predicted molar refractivity (Wildman–Crippen MR) is 105 cm³/mol. The third kappa shape index (κ3) is 3.57. The van der Waals surface area contributed by atoms with E-state index in [1.165, 1.54) is 0 Å². The van der Waals surface area contributed by atoms with Gasteiger partial charge in [0.2, 0.25) is 11.9 Å². The van der Waals surface area contributed by atoms with E-state index in [1.807, 2.05) is 83.9 Å². The summed E-state index contributed by atoms with van der Waals surface area (Å²) in [4.78, 5) is 4.41. The van der Waals surface area contributed by atoms with Crippen LogP contribution in [0.15, 0.2) is 108 Å². The zero-order chi connectivity index (χ0) is 17.6. The Morgan fingerprint density at radius 1 is 0.731 bits per heavy atom. The van der Waals surface area contributed by atoms with Gasteiger partial charge in [-0.2, -0.15) is 0 Å². The monoisotopic (exact) mass is 336 g/mol. The molecule has 0 bridgehead atoms. The highest BCUT2D eigenvalue weighted by Crippen LogP contribution is 2.17. The molecule has 0 aliphatic heterocycles. The molecule has 0 aliphatic carbocycles. The average Bonchev–Trinajstić information content (AvgIpc) is 2.74. The Kier molecular flexibility index (Phi) is 4.61. The molecule has 124 valence electrons. The zero-order valence-electron chi connectivity index (χ0n) is 14.2. The molecule has 4 rings (SSSR count). The maximum absolute atomic E-state index is 4.66. The van der Waals surface area contributed by atoms with Crippen molar-refractivity contribution in [3.8, 4) is 22.5 Å². The number of aromatic nitrogens is 2. The SMILES string of the molecule is C(=N[n+]1ccccc1-c1ccccc1)c1cccc(-c2ccccn2)c1. The maximum atomic E-state index is 4.66. The van der Waals surface area contributed by atoms with Gasteiger partial charge in [-0.3, -0.25) is 4.98 Å². The molecule has 26 heavy (non-hydrogen) atoms. The third-order valence-corrected chi connectivity index (χ3v) is 4.09. The van der Waals surface area contributed by atoms with E-state index in [0.29, 0.717) is 0 Å². The summed E-state index contributed by atoms with van der Waals surface area (Å²) in [6.45, 7) is 0. The van der Waals surface area contributed by atoms with Crippen LogP contribution in [0.1, 0.15) is 5.56 Å². The van der Waals surface area contributed by atoms with Gasteiger partial charge in [0.1, 0.15) is 6.21 Å². The number of rotatable bonds is 4. The van der Waals surface area contributed by atoms with Crippen LogP contribution in [0.5, 0.6) is 0 Å². The van der Waals surface area contributed by atoms with E-state index >= 15 is 0 Å². The summed E-state index contributed by atoms with van der Waals surface area (Å²) in [6.07, 6.45) is 5.64. The van der Waals surface area contributed by atoms with E-state index < -0.39 is 0 Å². The van der Waals surface area contributed by atoms with Gasteiger partial charge in [-0.1, -0.05) is 47.1 Å². The van der Waals surface area contributed by atoms with Crippen LogP contribution < -0.4 is 4.68 Å². The predicted octanol–water partition coefficient (Wildman–Crippen LogP) is 4.59. The highest BCUT2D eigenvalue weighted by Gasteiger charge is 2.10. The van der Waals surface area contributed by atoms with Crippen molar-refractivity contribution < 1.29 is 4.68 Å². The minimum Gasteiger partial charge on any atom is -0.256 e. The van der Waals surface area contributed by atoms with Gasteiger partial charge in [-0.15, -0.1) is 0 Å². The van der Waals surface area contributed by atoms with Crippen molar-refractivity contribution in [2.75, 3.05) is 0 Å². The highest BCUT2D eigenvalue weighted by atomic mass is 15.3. The summed E-state index contributed by atoms with van der Waals surface area (Å²) in [5.41, 5.74) is 5.25. The van der Waals surface area contributed by atoms with Crippen molar-refractivity contribution in [1.82, 2.24) is 4.98 Å². The highest BCUT2D eigenvalue weighted by molar-refractivity contribution is 5.81. The summed E-state index contributed by atoms with van der Waals surface area (Å²) in [5.74, 6) is 0. The van der Waals surface area contributed by atoms with Crippen molar-refractivity contribution in [1.29, 1.82) is 0 Å². The van der Waals surface area contributed by atoms with Crippen LogP contribution in [0.4, 0.5) is 0 Å². The quantitative estimate of drug-likeness (QED) is 0.396. The van der Waals surface area contributed by atoms with E-state index in [-0.39, 0.29) is 0 Å². The molecule has 0 saturated carbocycles. The minimum absolute atomic E-state index is 0.958. The van der Waals surface area contributed by atoms with Crippen LogP contribution >= 0.6 is 0 Å². The van der Waals surface area contributed by atoms with Gasteiger partial charge in [0.25, 0.3) is 0 Å². The molecule has 0 spiro atoms. The average molecular weight is 336 g/mol. The van der Waals surface area contributed by atoms with Crippen LogP contribution in [0, 0.1) is 0 Å². The van der Waals surface area contributed by atoms with E-state index in [4.69, 9.17) is 0 Å². The lowest BCUT2D eigenvalue weighted by Crippen LogP contribution is -2.29. The Morgan fingerprint density at radius 2 is 1.54 bits per heavy atom. The number of pyridine rings is 2. The van der Waals surface area contributed by atoms with Crippen molar-refractivity contribution in [2.24, 2.45) is 5.10 Å². The first-order valence-corrected chi connectivity index (χ1v) is 8.52. The summed E-state index contributed by atoms with van der Waals surface area (Å²) in [7, 11) is 0. The molecule has 2 heterocycles. The lowest BCUT2D eigenvalue weighted by Gasteiger charge is -2.01. The summed E-state index contributed by atoms with van der Waals surface area (Å²) in [6, 6.07) is 30.5. The maximum Gasteiger partial charge on any atom is 0.245 e. The summed E-state index contributed by atoms with van der Waals surface area (Å²) >= 11 is 0. The number of hydrogen-bond donors (Lipinski definition) is 0. The molecular weight excluding hydrogens is 318 g/mol. The van der Waals surface area contributed by atoms with Crippen molar-refractivity contribution in [3.05, 3.63) is 109 Å². The Bertz CT molecular complexity index is 1030. The molecule has 0 saturated heterocycles. The molecule has 2 aromatic carbocycles. The Hall–Kier alpha value is -3.59. The van der Waals surface area contributed by atoms with Crippen molar-refractivity contribution in [3.63, 3.8) is 0 Å². The molecular formula is C23H18N3+. The topological polar surface area (TPSA) is 29.1 Å². The first-order valence-electron chi connectivity index (χ1n) is 8.52. The number of benzene rings is 2.